The predicted octanol–water partition coefficient (Wildman–Crippen LogP) is 2.45. The molecule has 1 heterocycles. The largest absolute Gasteiger partial charge is 0.373 e. The van der Waals surface area contributed by atoms with Gasteiger partial charge in [-0.25, -0.2) is 8.42 Å². The lowest BCUT2D eigenvalue weighted by atomic mass is 10.0. The second-order valence-electron chi connectivity index (χ2n) is 7.48. The molecule has 2 unspecified atom stereocenters. The Morgan fingerprint density at radius 2 is 1.59 bits per heavy atom. The lowest BCUT2D eigenvalue weighted by molar-refractivity contribution is -0.120. The molecule has 156 valence electrons. The highest BCUT2D eigenvalue weighted by molar-refractivity contribution is 7.89. The number of hydrogen-bond donors (Lipinski definition) is 1. The molecule has 3 rings (SSSR count). The van der Waals surface area contributed by atoms with E-state index in [1.54, 1.807) is 0 Å². The maximum atomic E-state index is 12.5. The maximum Gasteiger partial charge on any atom is 0.224 e. The zero-order chi connectivity index (χ0) is 20.9. The van der Waals surface area contributed by atoms with Gasteiger partial charge in [-0.2, -0.15) is 4.31 Å². The Bertz CT molecular complexity index is 904. The molecule has 2 aromatic rings. The van der Waals surface area contributed by atoms with Crippen LogP contribution < -0.4 is 5.32 Å². The van der Waals surface area contributed by atoms with E-state index in [9.17, 15) is 13.2 Å². The van der Waals surface area contributed by atoms with Gasteiger partial charge in [-0.3, -0.25) is 4.79 Å². The van der Waals surface area contributed by atoms with Crippen LogP contribution in [0.3, 0.4) is 0 Å². The Morgan fingerprint density at radius 3 is 2.21 bits per heavy atom. The topological polar surface area (TPSA) is 75.7 Å². The lowest BCUT2D eigenvalue weighted by Crippen LogP contribution is -2.49. The van der Waals surface area contributed by atoms with Gasteiger partial charge in [-0.15, -0.1) is 0 Å². The van der Waals surface area contributed by atoms with E-state index in [0.29, 0.717) is 13.1 Å². The molecule has 0 aliphatic carbocycles. The van der Waals surface area contributed by atoms with E-state index < -0.39 is 10.0 Å². The first-order chi connectivity index (χ1) is 13.8. The highest BCUT2D eigenvalue weighted by Crippen LogP contribution is 2.19. The number of morpholine rings is 1. The summed E-state index contributed by atoms with van der Waals surface area (Å²) >= 11 is 0. The fourth-order valence-electron chi connectivity index (χ4n) is 3.50. The van der Waals surface area contributed by atoms with Crippen LogP contribution in [0.2, 0.25) is 0 Å². The average Bonchev–Trinajstić information content (AvgIpc) is 2.68. The first-order valence-electron chi connectivity index (χ1n) is 9.88. The quantitative estimate of drug-likeness (QED) is 0.752. The lowest BCUT2D eigenvalue weighted by Gasteiger charge is -2.34. The van der Waals surface area contributed by atoms with Crippen LogP contribution >= 0.6 is 0 Å². The number of carbonyl (C=O) groups is 1. The van der Waals surface area contributed by atoms with E-state index >= 15 is 0 Å². The highest BCUT2D eigenvalue weighted by Gasteiger charge is 2.30. The van der Waals surface area contributed by atoms with Gasteiger partial charge in [0.25, 0.3) is 0 Å². The summed E-state index contributed by atoms with van der Waals surface area (Å²) in [6, 6.07) is 17.9. The number of carbonyl (C=O) groups excluding carboxylic acids is 1. The van der Waals surface area contributed by atoms with Crippen LogP contribution in [0, 0.1) is 0 Å². The molecule has 1 saturated heterocycles. The normalized spacial score (nSPS) is 20.3. The van der Waals surface area contributed by atoms with Crippen molar-refractivity contribution in [3.05, 3.63) is 60.2 Å². The summed E-state index contributed by atoms with van der Waals surface area (Å²) in [5.74, 6) is -0.290. The van der Waals surface area contributed by atoms with Crippen molar-refractivity contribution in [3.63, 3.8) is 0 Å². The number of nitrogens with one attached hydrogen (secondary N) is 1. The first kappa shape index (κ1) is 21.5. The van der Waals surface area contributed by atoms with E-state index in [1.807, 2.05) is 68.4 Å². The zero-order valence-corrected chi connectivity index (χ0v) is 17.7. The summed E-state index contributed by atoms with van der Waals surface area (Å²) in [5.41, 5.74) is 3.11. The standard InChI is InChI=1S/C22H28N2O4S/c1-17-15-24(16-18(2)28-17)29(26,27)13-12-23-22(25)14-19-8-10-21(11-9-19)20-6-4-3-5-7-20/h3-11,17-18H,12-16H2,1-2H3,(H,23,25). The van der Waals surface area contributed by atoms with Crippen LogP contribution in [0.25, 0.3) is 11.1 Å². The molecule has 29 heavy (non-hydrogen) atoms. The Morgan fingerprint density at radius 1 is 1.00 bits per heavy atom. The molecule has 0 radical (unpaired) electrons. The third kappa shape index (κ3) is 6.13. The van der Waals surface area contributed by atoms with Crippen LogP contribution in [0.15, 0.2) is 54.6 Å². The molecule has 2 aromatic carbocycles. The van der Waals surface area contributed by atoms with Gasteiger partial charge < -0.3 is 10.1 Å². The van der Waals surface area contributed by atoms with Crippen molar-refractivity contribution >= 4 is 15.9 Å². The highest BCUT2D eigenvalue weighted by atomic mass is 32.2. The molecular weight excluding hydrogens is 388 g/mol. The van der Waals surface area contributed by atoms with Crippen LogP contribution in [0.1, 0.15) is 19.4 Å². The number of nitrogens with zero attached hydrogens (tertiary/aromatic N) is 1. The third-order valence-electron chi connectivity index (χ3n) is 4.89. The molecule has 1 amide bonds. The van der Waals surface area contributed by atoms with E-state index in [2.05, 4.69) is 5.32 Å². The summed E-state index contributed by atoms with van der Waals surface area (Å²) in [7, 11) is -3.42. The van der Waals surface area contributed by atoms with Gasteiger partial charge in [0, 0.05) is 19.6 Å². The average molecular weight is 417 g/mol. The number of amides is 1. The molecule has 1 aliphatic rings. The van der Waals surface area contributed by atoms with Gasteiger partial charge >= 0.3 is 0 Å². The monoisotopic (exact) mass is 416 g/mol. The number of rotatable bonds is 7. The maximum absolute atomic E-state index is 12.5. The van der Waals surface area contributed by atoms with Gasteiger partial charge in [0.2, 0.25) is 15.9 Å². The molecule has 1 fully saturated rings. The first-order valence-corrected chi connectivity index (χ1v) is 11.5. The minimum atomic E-state index is -3.42. The predicted molar refractivity (Wildman–Crippen MR) is 114 cm³/mol. The van der Waals surface area contributed by atoms with E-state index in [4.69, 9.17) is 4.74 Å². The minimum absolute atomic E-state index is 0.101. The molecule has 6 nitrogen and oxygen atoms in total. The Hall–Kier alpha value is -2.22. The summed E-state index contributed by atoms with van der Waals surface area (Å²) in [4.78, 5) is 12.2. The smallest absolute Gasteiger partial charge is 0.224 e. The molecule has 2 atom stereocenters. The van der Waals surface area contributed by atoms with Gasteiger partial charge in [0.1, 0.15) is 0 Å². The molecular formula is C22H28N2O4S. The Balaban J connectivity index is 1.47. The second kappa shape index (κ2) is 9.52. The second-order valence-corrected chi connectivity index (χ2v) is 9.57. The van der Waals surface area contributed by atoms with Crippen molar-refractivity contribution in [2.75, 3.05) is 25.4 Å². The summed E-state index contributed by atoms with van der Waals surface area (Å²) < 4.78 is 32.1. The molecule has 1 aliphatic heterocycles. The van der Waals surface area contributed by atoms with Crippen LogP contribution in [-0.2, 0) is 26.0 Å². The third-order valence-corrected chi connectivity index (χ3v) is 6.69. The van der Waals surface area contributed by atoms with Crippen molar-refractivity contribution in [1.29, 1.82) is 0 Å². The summed E-state index contributed by atoms with van der Waals surface area (Å²) in [5, 5.41) is 2.72. The summed E-state index contributed by atoms with van der Waals surface area (Å²) in [6.45, 7) is 4.54. The zero-order valence-electron chi connectivity index (χ0n) is 16.9. The molecule has 0 saturated carbocycles. The molecule has 0 spiro atoms. The Kier molecular flexibility index (Phi) is 7.05. The minimum Gasteiger partial charge on any atom is -0.373 e. The number of benzene rings is 2. The molecule has 7 heteroatoms. The van der Waals surface area contributed by atoms with Gasteiger partial charge in [0.05, 0.1) is 24.4 Å². The van der Waals surface area contributed by atoms with Crippen LogP contribution in [-0.4, -0.2) is 56.2 Å². The van der Waals surface area contributed by atoms with E-state index in [1.165, 1.54) is 4.31 Å². The summed E-state index contributed by atoms with van der Waals surface area (Å²) in [6.07, 6.45) is -0.0234. The van der Waals surface area contributed by atoms with Crippen LogP contribution in [0.4, 0.5) is 0 Å². The SMILES string of the molecule is CC1CN(S(=O)(=O)CCNC(=O)Cc2ccc(-c3ccccc3)cc2)CC(C)O1. The number of hydrogen-bond acceptors (Lipinski definition) is 4. The van der Waals surface area contributed by atoms with E-state index in [-0.39, 0.29) is 36.8 Å². The van der Waals surface area contributed by atoms with Crippen molar-refractivity contribution < 1.29 is 17.9 Å². The Labute approximate surface area is 172 Å². The van der Waals surface area contributed by atoms with Crippen molar-refractivity contribution in [2.45, 2.75) is 32.5 Å². The fourth-order valence-corrected chi connectivity index (χ4v) is 4.99. The van der Waals surface area contributed by atoms with Crippen molar-refractivity contribution in [3.8, 4) is 11.1 Å². The van der Waals surface area contributed by atoms with Crippen molar-refractivity contribution in [1.82, 2.24) is 9.62 Å². The number of sulfonamides is 1. The molecule has 0 aromatic heterocycles. The van der Waals surface area contributed by atoms with Crippen LogP contribution in [0.5, 0.6) is 0 Å². The van der Waals surface area contributed by atoms with Gasteiger partial charge in [-0.05, 0) is 30.5 Å². The molecule has 0 bridgehead atoms. The number of ether oxygens (including phenoxy) is 1. The van der Waals surface area contributed by atoms with E-state index in [0.717, 1.165) is 16.7 Å². The van der Waals surface area contributed by atoms with Gasteiger partial charge in [0.15, 0.2) is 0 Å². The molecule has 1 N–H and O–H groups in total. The van der Waals surface area contributed by atoms with Gasteiger partial charge in [-0.1, -0.05) is 54.6 Å². The van der Waals surface area contributed by atoms with Crippen molar-refractivity contribution in [2.24, 2.45) is 0 Å². The fraction of sp³-hybridized carbons (Fsp3) is 0.409.